The van der Waals surface area contributed by atoms with Crippen LogP contribution in [0.3, 0.4) is 0 Å². The van der Waals surface area contributed by atoms with Gasteiger partial charge < -0.3 is 10.7 Å². The lowest BCUT2D eigenvalue weighted by molar-refractivity contribution is 0.192. The van der Waals surface area contributed by atoms with E-state index in [0.29, 0.717) is 6.04 Å². The first-order chi connectivity index (χ1) is 6.70. The molecule has 4 nitrogen and oxygen atoms in total. The molecule has 1 aromatic heterocycles. The Morgan fingerprint density at radius 2 is 2.43 bits per heavy atom. The lowest BCUT2D eigenvalue weighted by Gasteiger charge is -2.28. The van der Waals surface area contributed by atoms with Gasteiger partial charge in [-0.2, -0.15) is 0 Å². The Morgan fingerprint density at radius 3 is 3.00 bits per heavy atom. The third-order valence-electron chi connectivity index (χ3n) is 2.95. The highest BCUT2D eigenvalue weighted by Crippen LogP contribution is 2.30. The van der Waals surface area contributed by atoms with Crippen molar-refractivity contribution in [1.29, 1.82) is 0 Å². The Bertz CT molecular complexity index is 280. The molecular weight excluding hydrogens is 176 g/mol. The minimum absolute atomic E-state index is 0.212. The minimum Gasteiger partial charge on any atom is -0.347 e. The number of nitrogens with zero attached hydrogens (tertiary/aromatic N) is 2. The fraction of sp³-hybridized carbons (Fsp3) is 0.700. The molecule has 78 valence electrons. The SMILES string of the molecule is CC(C)N1CC[C@@H](N)[C@@H]1c1ncc[nH]1. The first kappa shape index (κ1) is 9.68. The average Bonchev–Trinajstić information content (AvgIpc) is 2.71. The second kappa shape index (κ2) is 3.71. The molecule has 0 spiro atoms. The number of H-pyrrole nitrogens is 1. The summed E-state index contributed by atoms with van der Waals surface area (Å²) in [6, 6.07) is 1.01. The number of hydrogen-bond acceptors (Lipinski definition) is 3. The lowest BCUT2D eigenvalue weighted by atomic mass is 10.1. The van der Waals surface area contributed by atoms with Crippen LogP contribution in [0.25, 0.3) is 0 Å². The maximum atomic E-state index is 6.10. The smallest absolute Gasteiger partial charge is 0.125 e. The minimum atomic E-state index is 0.212. The summed E-state index contributed by atoms with van der Waals surface area (Å²) in [6.07, 6.45) is 4.71. The highest BCUT2D eigenvalue weighted by Gasteiger charge is 2.35. The molecule has 0 aliphatic carbocycles. The van der Waals surface area contributed by atoms with Crippen LogP contribution >= 0.6 is 0 Å². The van der Waals surface area contributed by atoms with Crippen LogP contribution in [0.5, 0.6) is 0 Å². The molecule has 0 bridgehead atoms. The summed E-state index contributed by atoms with van der Waals surface area (Å²) in [5, 5.41) is 0. The van der Waals surface area contributed by atoms with Crippen molar-refractivity contribution in [2.45, 2.75) is 38.4 Å². The van der Waals surface area contributed by atoms with E-state index < -0.39 is 0 Å². The summed E-state index contributed by atoms with van der Waals surface area (Å²) >= 11 is 0. The molecule has 2 heterocycles. The van der Waals surface area contributed by atoms with Crippen LogP contribution in [0.15, 0.2) is 12.4 Å². The van der Waals surface area contributed by atoms with Gasteiger partial charge in [-0.15, -0.1) is 0 Å². The van der Waals surface area contributed by atoms with Gasteiger partial charge in [0.05, 0.1) is 6.04 Å². The fourth-order valence-corrected chi connectivity index (χ4v) is 2.22. The Labute approximate surface area is 84.5 Å². The molecule has 1 aliphatic heterocycles. The van der Waals surface area contributed by atoms with Crippen molar-refractivity contribution < 1.29 is 0 Å². The second-order valence-electron chi connectivity index (χ2n) is 4.20. The molecule has 2 rings (SSSR count). The number of likely N-dealkylation sites (tertiary alicyclic amines) is 1. The van der Waals surface area contributed by atoms with Crippen LogP contribution < -0.4 is 5.73 Å². The number of rotatable bonds is 2. The van der Waals surface area contributed by atoms with Crippen molar-refractivity contribution in [3.05, 3.63) is 18.2 Å². The summed E-state index contributed by atoms with van der Waals surface area (Å²) < 4.78 is 0. The maximum Gasteiger partial charge on any atom is 0.125 e. The second-order valence-corrected chi connectivity index (χ2v) is 4.20. The van der Waals surface area contributed by atoms with Gasteiger partial charge >= 0.3 is 0 Å². The van der Waals surface area contributed by atoms with Crippen molar-refractivity contribution in [2.75, 3.05) is 6.54 Å². The molecule has 4 heteroatoms. The summed E-state index contributed by atoms with van der Waals surface area (Å²) in [7, 11) is 0. The molecule has 1 fully saturated rings. The van der Waals surface area contributed by atoms with Crippen molar-refractivity contribution in [3.8, 4) is 0 Å². The van der Waals surface area contributed by atoms with Gasteiger partial charge in [0, 0.05) is 31.0 Å². The van der Waals surface area contributed by atoms with Crippen molar-refractivity contribution >= 4 is 0 Å². The standard InChI is InChI=1S/C10H18N4/c1-7(2)14-6-3-8(11)9(14)10-12-4-5-13-10/h4-5,7-9H,3,6,11H2,1-2H3,(H,12,13)/t8-,9-/m1/s1. The van der Waals surface area contributed by atoms with E-state index in [9.17, 15) is 0 Å². The van der Waals surface area contributed by atoms with Crippen LogP contribution in [0.1, 0.15) is 32.1 Å². The monoisotopic (exact) mass is 194 g/mol. The first-order valence-electron chi connectivity index (χ1n) is 5.20. The Kier molecular flexibility index (Phi) is 2.56. The zero-order valence-corrected chi connectivity index (χ0v) is 8.77. The van der Waals surface area contributed by atoms with Gasteiger partial charge in [-0.25, -0.2) is 4.98 Å². The van der Waals surface area contributed by atoms with Gasteiger partial charge in [0.2, 0.25) is 0 Å². The number of hydrogen-bond donors (Lipinski definition) is 2. The zero-order valence-electron chi connectivity index (χ0n) is 8.77. The van der Waals surface area contributed by atoms with Gasteiger partial charge in [-0.3, -0.25) is 4.90 Å². The van der Waals surface area contributed by atoms with E-state index in [-0.39, 0.29) is 12.1 Å². The van der Waals surface area contributed by atoms with Crippen molar-refractivity contribution in [2.24, 2.45) is 5.73 Å². The van der Waals surface area contributed by atoms with Crippen LogP contribution in [0.2, 0.25) is 0 Å². The number of aromatic amines is 1. The Morgan fingerprint density at radius 1 is 1.64 bits per heavy atom. The number of nitrogens with two attached hydrogens (primary N) is 1. The predicted molar refractivity (Wildman–Crippen MR) is 55.8 cm³/mol. The molecule has 1 saturated heterocycles. The van der Waals surface area contributed by atoms with Crippen LogP contribution in [0, 0.1) is 0 Å². The summed E-state index contributed by atoms with van der Waals surface area (Å²) in [5.74, 6) is 1.00. The van der Waals surface area contributed by atoms with E-state index in [2.05, 4.69) is 28.7 Å². The Balaban J connectivity index is 2.22. The average molecular weight is 194 g/mol. The van der Waals surface area contributed by atoms with E-state index in [1.807, 2.05) is 6.20 Å². The summed E-state index contributed by atoms with van der Waals surface area (Å²) in [6.45, 7) is 5.48. The summed E-state index contributed by atoms with van der Waals surface area (Å²) in [4.78, 5) is 9.87. The highest BCUT2D eigenvalue weighted by atomic mass is 15.2. The zero-order chi connectivity index (χ0) is 10.1. The molecule has 0 amide bonds. The normalized spacial score (nSPS) is 28.9. The fourth-order valence-electron chi connectivity index (χ4n) is 2.22. The van der Waals surface area contributed by atoms with E-state index in [0.717, 1.165) is 18.8 Å². The molecule has 1 aliphatic rings. The van der Waals surface area contributed by atoms with Crippen LogP contribution in [-0.4, -0.2) is 33.5 Å². The molecule has 14 heavy (non-hydrogen) atoms. The highest BCUT2D eigenvalue weighted by molar-refractivity contribution is 5.05. The number of aromatic nitrogens is 2. The van der Waals surface area contributed by atoms with Crippen LogP contribution in [0.4, 0.5) is 0 Å². The van der Waals surface area contributed by atoms with Crippen molar-refractivity contribution in [3.63, 3.8) is 0 Å². The van der Waals surface area contributed by atoms with Crippen molar-refractivity contribution in [1.82, 2.24) is 14.9 Å². The summed E-state index contributed by atoms with van der Waals surface area (Å²) in [5.41, 5.74) is 6.10. The molecule has 0 unspecified atom stereocenters. The van der Waals surface area contributed by atoms with Gasteiger partial charge in [0.1, 0.15) is 5.82 Å². The number of imidazole rings is 1. The molecule has 1 aromatic rings. The topological polar surface area (TPSA) is 57.9 Å². The lowest BCUT2D eigenvalue weighted by Crippen LogP contribution is -2.36. The third kappa shape index (κ3) is 1.55. The van der Waals surface area contributed by atoms with E-state index in [1.54, 1.807) is 6.20 Å². The van der Waals surface area contributed by atoms with Gasteiger partial charge in [-0.05, 0) is 20.3 Å². The molecule has 3 N–H and O–H groups in total. The quantitative estimate of drug-likeness (QED) is 0.735. The molecule has 0 saturated carbocycles. The van der Waals surface area contributed by atoms with Gasteiger partial charge in [0.25, 0.3) is 0 Å². The molecule has 2 atom stereocenters. The Hall–Kier alpha value is -0.870. The molecule has 0 aromatic carbocycles. The largest absolute Gasteiger partial charge is 0.347 e. The van der Waals surface area contributed by atoms with Gasteiger partial charge in [0.15, 0.2) is 0 Å². The van der Waals surface area contributed by atoms with E-state index in [4.69, 9.17) is 5.73 Å². The number of nitrogens with one attached hydrogen (secondary N) is 1. The maximum absolute atomic E-state index is 6.10. The van der Waals surface area contributed by atoms with Crippen LogP contribution in [-0.2, 0) is 0 Å². The molecular formula is C10H18N4. The molecule has 0 radical (unpaired) electrons. The van der Waals surface area contributed by atoms with Gasteiger partial charge in [-0.1, -0.05) is 0 Å². The first-order valence-corrected chi connectivity index (χ1v) is 5.20. The third-order valence-corrected chi connectivity index (χ3v) is 2.95. The van der Waals surface area contributed by atoms with E-state index in [1.165, 1.54) is 0 Å². The van der Waals surface area contributed by atoms with E-state index >= 15 is 0 Å². The predicted octanol–water partition coefficient (Wildman–Crippen LogP) is 0.892.